The Morgan fingerprint density at radius 3 is 2.26 bits per heavy atom. The van der Waals surface area contributed by atoms with Gasteiger partial charge in [-0.3, -0.25) is 0 Å². The summed E-state index contributed by atoms with van der Waals surface area (Å²) < 4.78 is 0. The minimum atomic E-state index is 0.269. The SMILES string of the molecule is Oc1ccc(-c2cc(-c3ccc(Cl)cc3)nc3c2Cc2ccccc2-3)cc1. The van der Waals surface area contributed by atoms with Crippen molar-refractivity contribution < 1.29 is 5.11 Å². The van der Waals surface area contributed by atoms with E-state index in [0.29, 0.717) is 5.02 Å². The van der Waals surface area contributed by atoms with Crippen LogP contribution in [-0.2, 0) is 6.42 Å². The molecule has 0 spiro atoms. The van der Waals surface area contributed by atoms with Crippen LogP contribution in [0.3, 0.4) is 0 Å². The van der Waals surface area contributed by atoms with E-state index in [1.165, 1.54) is 16.7 Å². The number of halogens is 1. The molecule has 130 valence electrons. The fourth-order valence-corrected chi connectivity index (χ4v) is 3.86. The number of hydrogen-bond acceptors (Lipinski definition) is 2. The van der Waals surface area contributed by atoms with Gasteiger partial charge in [-0.05, 0) is 52.6 Å². The van der Waals surface area contributed by atoms with Crippen LogP contribution in [0.25, 0.3) is 33.6 Å². The number of phenolic OH excluding ortho intramolecular Hbond substituents is 1. The molecule has 27 heavy (non-hydrogen) atoms. The Labute approximate surface area is 162 Å². The van der Waals surface area contributed by atoms with E-state index < -0.39 is 0 Å². The minimum Gasteiger partial charge on any atom is -0.508 e. The average molecular weight is 370 g/mol. The number of hydrogen-bond donors (Lipinski definition) is 1. The van der Waals surface area contributed by atoms with Gasteiger partial charge in [-0.25, -0.2) is 4.98 Å². The highest BCUT2D eigenvalue weighted by atomic mass is 35.5. The van der Waals surface area contributed by atoms with Crippen molar-refractivity contribution >= 4 is 11.6 Å². The summed E-state index contributed by atoms with van der Waals surface area (Å²) >= 11 is 6.06. The smallest absolute Gasteiger partial charge is 0.115 e. The molecule has 1 aliphatic rings. The zero-order valence-corrected chi connectivity index (χ0v) is 15.2. The lowest BCUT2D eigenvalue weighted by molar-refractivity contribution is 0.475. The van der Waals surface area contributed by atoms with Gasteiger partial charge in [0.1, 0.15) is 5.75 Å². The van der Waals surface area contributed by atoms with Gasteiger partial charge >= 0.3 is 0 Å². The molecule has 1 aliphatic carbocycles. The average Bonchev–Trinajstić information content (AvgIpc) is 3.07. The fourth-order valence-electron chi connectivity index (χ4n) is 3.74. The van der Waals surface area contributed by atoms with Crippen LogP contribution in [-0.4, -0.2) is 10.1 Å². The summed E-state index contributed by atoms with van der Waals surface area (Å²) in [5.41, 5.74) is 8.96. The number of pyridine rings is 1. The Hall–Kier alpha value is -3.10. The van der Waals surface area contributed by atoms with Crippen LogP contribution in [0.1, 0.15) is 11.1 Å². The molecule has 0 fully saturated rings. The van der Waals surface area contributed by atoms with Crippen LogP contribution in [0.2, 0.25) is 5.02 Å². The maximum atomic E-state index is 9.67. The van der Waals surface area contributed by atoms with Gasteiger partial charge < -0.3 is 5.11 Å². The molecule has 0 atom stereocenters. The number of nitrogens with zero attached hydrogens (tertiary/aromatic N) is 1. The molecule has 0 saturated heterocycles. The van der Waals surface area contributed by atoms with E-state index in [2.05, 4.69) is 30.3 Å². The Bertz CT molecular complexity index is 1150. The molecule has 1 N–H and O–H groups in total. The number of aromatic hydroxyl groups is 1. The molecule has 0 amide bonds. The quantitative estimate of drug-likeness (QED) is 0.393. The maximum absolute atomic E-state index is 9.67. The van der Waals surface area contributed by atoms with Crippen LogP contribution in [0.4, 0.5) is 0 Å². The van der Waals surface area contributed by atoms with Gasteiger partial charge in [0.2, 0.25) is 0 Å². The largest absolute Gasteiger partial charge is 0.508 e. The van der Waals surface area contributed by atoms with E-state index >= 15 is 0 Å². The Kier molecular flexibility index (Phi) is 3.73. The van der Waals surface area contributed by atoms with Gasteiger partial charge in [0.15, 0.2) is 0 Å². The second kappa shape index (κ2) is 6.26. The second-order valence-corrected chi connectivity index (χ2v) is 7.21. The van der Waals surface area contributed by atoms with Gasteiger partial charge in [0.25, 0.3) is 0 Å². The number of rotatable bonds is 2. The van der Waals surface area contributed by atoms with E-state index in [1.54, 1.807) is 12.1 Å². The lowest BCUT2D eigenvalue weighted by Gasteiger charge is -2.12. The van der Waals surface area contributed by atoms with Gasteiger partial charge in [0.05, 0.1) is 11.4 Å². The number of benzene rings is 3. The van der Waals surface area contributed by atoms with Crippen LogP contribution in [0, 0.1) is 0 Å². The molecule has 3 aromatic carbocycles. The third kappa shape index (κ3) is 2.79. The Balaban J connectivity index is 1.76. The van der Waals surface area contributed by atoms with Gasteiger partial charge in [0, 0.05) is 22.6 Å². The summed E-state index contributed by atoms with van der Waals surface area (Å²) in [6.07, 6.45) is 0.871. The topological polar surface area (TPSA) is 33.1 Å². The number of aromatic nitrogens is 1. The first kappa shape index (κ1) is 16.1. The Morgan fingerprint density at radius 1 is 0.778 bits per heavy atom. The van der Waals surface area contributed by atoms with Crippen LogP contribution in [0.15, 0.2) is 78.9 Å². The zero-order chi connectivity index (χ0) is 18.4. The lowest BCUT2D eigenvalue weighted by Crippen LogP contribution is -1.94. The molecule has 5 rings (SSSR count). The molecule has 0 radical (unpaired) electrons. The molecule has 0 aliphatic heterocycles. The summed E-state index contributed by atoms with van der Waals surface area (Å²) in [6, 6.07) is 25.7. The summed E-state index contributed by atoms with van der Waals surface area (Å²) in [5.74, 6) is 0.269. The predicted octanol–water partition coefficient (Wildman–Crippen LogP) is 6.35. The van der Waals surface area contributed by atoms with E-state index in [-0.39, 0.29) is 5.75 Å². The molecule has 1 heterocycles. The van der Waals surface area contributed by atoms with E-state index in [9.17, 15) is 5.11 Å². The van der Waals surface area contributed by atoms with Crippen molar-refractivity contribution in [3.8, 4) is 39.4 Å². The normalized spacial score (nSPS) is 11.9. The highest BCUT2D eigenvalue weighted by molar-refractivity contribution is 6.30. The van der Waals surface area contributed by atoms with Crippen molar-refractivity contribution in [1.82, 2.24) is 4.98 Å². The number of phenols is 1. The molecule has 0 saturated carbocycles. The van der Waals surface area contributed by atoms with Crippen molar-refractivity contribution in [2.75, 3.05) is 0 Å². The predicted molar refractivity (Wildman–Crippen MR) is 110 cm³/mol. The standard InChI is InChI=1S/C24H16ClNO/c25-18-9-5-16(6-10-18)23-14-21(15-7-11-19(27)12-8-15)22-13-17-3-1-2-4-20(17)24(22)26-23/h1-12,14,27H,13H2. The fraction of sp³-hybridized carbons (Fsp3) is 0.0417. The summed E-state index contributed by atoms with van der Waals surface area (Å²) in [6.45, 7) is 0. The van der Waals surface area contributed by atoms with Gasteiger partial charge in [-0.2, -0.15) is 0 Å². The first-order valence-corrected chi connectivity index (χ1v) is 9.24. The lowest BCUT2D eigenvalue weighted by atomic mass is 9.96. The van der Waals surface area contributed by atoms with Crippen LogP contribution >= 0.6 is 11.6 Å². The minimum absolute atomic E-state index is 0.269. The maximum Gasteiger partial charge on any atom is 0.115 e. The first-order chi connectivity index (χ1) is 13.2. The monoisotopic (exact) mass is 369 g/mol. The van der Waals surface area contributed by atoms with E-state index in [1.807, 2.05) is 36.4 Å². The van der Waals surface area contributed by atoms with Crippen molar-refractivity contribution in [1.29, 1.82) is 0 Å². The van der Waals surface area contributed by atoms with Gasteiger partial charge in [-0.1, -0.05) is 60.1 Å². The first-order valence-electron chi connectivity index (χ1n) is 8.86. The molecular formula is C24H16ClNO. The highest BCUT2D eigenvalue weighted by Gasteiger charge is 2.24. The van der Waals surface area contributed by atoms with Crippen molar-refractivity contribution in [3.05, 3.63) is 95.0 Å². The molecule has 4 aromatic rings. The number of fused-ring (bicyclic) bond motifs is 3. The van der Waals surface area contributed by atoms with Crippen molar-refractivity contribution in [2.24, 2.45) is 0 Å². The molecule has 0 unspecified atom stereocenters. The molecule has 2 nitrogen and oxygen atoms in total. The summed E-state index contributed by atoms with van der Waals surface area (Å²) in [4.78, 5) is 5.01. The second-order valence-electron chi connectivity index (χ2n) is 6.77. The van der Waals surface area contributed by atoms with Gasteiger partial charge in [-0.15, -0.1) is 0 Å². The molecule has 0 bridgehead atoms. The van der Waals surface area contributed by atoms with Crippen LogP contribution in [0.5, 0.6) is 5.75 Å². The molecule has 3 heteroatoms. The highest BCUT2D eigenvalue weighted by Crippen LogP contribution is 2.42. The van der Waals surface area contributed by atoms with Crippen LogP contribution < -0.4 is 0 Å². The van der Waals surface area contributed by atoms with E-state index in [4.69, 9.17) is 16.6 Å². The Morgan fingerprint density at radius 2 is 1.48 bits per heavy atom. The van der Waals surface area contributed by atoms with E-state index in [0.717, 1.165) is 34.5 Å². The molecular weight excluding hydrogens is 354 g/mol. The summed E-state index contributed by atoms with van der Waals surface area (Å²) in [7, 11) is 0. The van der Waals surface area contributed by atoms with Crippen molar-refractivity contribution in [2.45, 2.75) is 6.42 Å². The molecule has 1 aromatic heterocycles. The van der Waals surface area contributed by atoms with Crippen molar-refractivity contribution in [3.63, 3.8) is 0 Å². The third-order valence-electron chi connectivity index (χ3n) is 5.08. The third-order valence-corrected chi connectivity index (χ3v) is 5.33. The summed E-state index contributed by atoms with van der Waals surface area (Å²) in [5, 5.41) is 10.4. The zero-order valence-electron chi connectivity index (χ0n) is 14.5.